The van der Waals surface area contributed by atoms with Crippen molar-refractivity contribution in [3.05, 3.63) is 83.2 Å². The molecular weight excluding hydrogens is 530 g/mol. The molecule has 3 rings (SSSR count). The van der Waals surface area contributed by atoms with Gasteiger partial charge in [0.05, 0.1) is 12.1 Å². The maximum Gasteiger partial charge on any atom is 0.248 e. The molecule has 0 aromatic heterocycles. The first-order valence-electron chi connectivity index (χ1n) is 13.4. The first kappa shape index (κ1) is 30.9. The Morgan fingerprint density at radius 2 is 1.92 bits per heavy atom. The number of hydrogen-bond acceptors (Lipinski definition) is 6. The molecule has 1 fully saturated rings. The van der Waals surface area contributed by atoms with Gasteiger partial charge in [0.25, 0.3) is 0 Å². The number of ether oxygens (including phenoxy) is 2. The molecular formula is C31H42ClN3O3S. The minimum atomic E-state index is -0.236. The lowest BCUT2D eigenvalue weighted by Gasteiger charge is -2.23. The van der Waals surface area contributed by atoms with E-state index < -0.39 is 0 Å². The van der Waals surface area contributed by atoms with Crippen LogP contribution in [0.15, 0.2) is 67.1 Å². The number of hydrogen-bond donors (Lipinski definition) is 3. The molecule has 1 saturated heterocycles. The van der Waals surface area contributed by atoms with Gasteiger partial charge in [0, 0.05) is 35.8 Å². The number of halogens is 1. The summed E-state index contributed by atoms with van der Waals surface area (Å²) in [6.07, 6.45) is 5.47. The molecule has 6 nitrogen and oxygen atoms in total. The van der Waals surface area contributed by atoms with Crippen LogP contribution in [0.3, 0.4) is 0 Å². The molecule has 39 heavy (non-hydrogen) atoms. The first-order valence-corrected chi connectivity index (χ1v) is 14.8. The summed E-state index contributed by atoms with van der Waals surface area (Å²) >= 11 is 8.16. The third-order valence-corrected chi connectivity index (χ3v) is 8.15. The number of amides is 1. The van der Waals surface area contributed by atoms with Crippen LogP contribution < -0.4 is 20.7 Å². The van der Waals surface area contributed by atoms with E-state index in [0.717, 1.165) is 32.5 Å². The van der Waals surface area contributed by atoms with E-state index in [1.807, 2.05) is 38.6 Å². The van der Waals surface area contributed by atoms with Gasteiger partial charge in [-0.15, -0.1) is 11.8 Å². The number of rotatable bonds is 15. The van der Waals surface area contributed by atoms with Crippen LogP contribution in [0, 0.1) is 5.92 Å². The molecule has 0 saturated carbocycles. The number of methoxy groups -OCH3 is 1. The molecule has 212 valence electrons. The highest BCUT2D eigenvalue weighted by Gasteiger charge is 2.42. The molecule has 8 heteroatoms. The molecule has 3 N–H and O–H groups in total. The van der Waals surface area contributed by atoms with Crippen LogP contribution in [0.4, 0.5) is 5.69 Å². The van der Waals surface area contributed by atoms with Crippen LogP contribution in [0.25, 0.3) is 0 Å². The zero-order valence-corrected chi connectivity index (χ0v) is 25.3. The summed E-state index contributed by atoms with van der Waals surface area (Å²) in [7, 11) is 1.56. The molecule has 1 aliphatic rings. The maximum atomic E-state index is 12.2. The maximum absolute atomic E-state index is 12.2. The highest BCUT2D eigenvalue weighted by Crippen LogP contribution is 2.59. The van der Waals surface area contributed by atoms with Crippen LogP contribution in [0.2, 0.25) is 5.02 Å². The minimum absolute atomic E-state index is 0.159. The average molecular weight is 572 g/mol. The van der Waals surface area contributed by atoms with E-state index in [1.54, 1.807) is 31.4 Å². The number of anilines is 1. The third kappa shape index (κ3) is 10.8. The number of thioether (sulfide) groups is 1. The molecule has 3 atom stereocenters. The van der Waals surface area contributed by atoms with Gasteiger partial charge < -0.3 is 25.4 Å². The van der Waals surface area contributed by atoms with E-state index in [-0.39, 0.29) is 11.5 Å². The number of allylic oxidation sites excluding steroid dienone is 1. The Balaban J connectivity index is 1.31. The Kier molecular flexibility index (Phi) is 11.6. The lowest BCUT2D eigenvalue weighted by Crippen LogP contribution is -2.30. The van der Waals surface area contributed by atoms with E-state index in [4.69, 9.17) is 21.1 Å². The lowest BCUT2D eigenvalue weighted by atomic mass is 9.96. The molecule has 2 aromatic carbocycles. The predicted molar refractivity (Wildman–Crippen MR) is 164 cm³/mol. The Morgan fingerprint density at radius 3 is 2.59 bits per heavy atom. The van der Waals surface area contributed by atoms with E-state index in [9.17, 15) is 4.79 Å². The Morgan fingerprint density at radius 1 is 1.18 bits per heavy atom. The quantitative estimate of drug-likeness (QED) is 0.0918. The predicted octanol–water partition coefficient (Wildman–Crippen LogP) is 7.08. The van der Waals surface area contributed by atoms with Gasteiger partial charge in [-0.3, -0.25) is 4.79 Å². The topological polar surface area (TPSA) is 71.6 Å². The Hall–Kier alpha value is -2.61. The fourth-order valence-corrected chi connectivity index (χ4v) is 5.87. The number of carbonyl (C=O) groups excluding carboxylic acids is 1. The van der Waals surface area contributed by atoms with Crippen molar-refractivity contribution in [3.8, 4) is 5.75 Å². The van der Waals surface area contributed by atoms with Crippen LogP contribution in [-0.4, -0.2) is 37.0 Å². The third-order valence-electron chi connectivity index (χ3n) is 6.25. The lowest BCUT2D eigenvalue weighted by molar-refractivity contribution is -0.111. The zero-order valence-electron chi connectivity index (χ0n) is 23.7. The van der Waals surface area contributed by atoms with E-state index in [0.29, 0.717) is 38.8 Å². The second-order valence-electron chi connectivity index (χ2n) is 10.8. The van der Waals surface area contributed by atoms with Gasteiger partial charge in [-0.25, -0.2) is 0 Å². The van der Waals surface area contributed by atoms with Crippen LogP contribution in [0.5, 0.6) is 5.75 Å². The number of benzene rings is 2. The summed E-state index contributed by atoms with van der Waals surface area (Å²) in [5.41, 5.74) is 3.08. The van der Waals surface area contributed by atoms with Crippen molar-refractivity contribution in [3.63, 3.8) is 0 Å². The van der Waals surface area contributed by atoms with Crippen LogP contribution in [0.1, 0.15) is 56.9 Å². The molecule has 0 spiro atoms. The zero-order chi connectivity index (χ0) is 28.4. The molecule has 0 aliphatic carbocycles. The second-order valence-corrected chi connectivity index (χ2v) is 12.5. The summed E-state index contributed by atoms with van der Waals surface area (Å²) in [5, 5.41) is 11.2. The molecule has 1 amide bonds. The molecule has 2 aromatic rings. The Bertz CT molecular complexity index is 1130. The van der Waals surface area contributed by atoms with Gasteiger partial charge in [-0.05, 0) is 81.5 Å². The van der Waals surface area contributed by atoms with Crippen molar-refractivity contribution in [2.75, 3.05) is 25.5 Å². The normalized spacial score (nSPS) is 17.5. The van der Waals surface area contributed by atoms with Crippen molar-refractivity contribution in [1.29, 1.82) is 0 Å². The number of carbonyl (C=O) groups is 1. The summed E-state index contributed by atoms with van der Waals surface area (Å²) in [5.74, 6) is 1.61. The summed E-state index contributed by atoms with van der Waals surface area (Å²) in [4.78, 5) is 12.2. The SMILES string of the molecule is C=C(NCCNCc1ccc(C2SC2C(C)CC/C=C/C(=O)Nc2ccc(OC)c(Cl)c2)cc1)OC(C)(C)C. The first-order chi connectivity index (χ1) is 18.6. The number of nitrogens with one attached hydrogen (secondary N) is 3. The standard InChI is InChI=1S/C31H42ClN3O3S/c1-21(9-7-8-10-28(36)35-25-15-16-27(37-6)26(32)19-25)29-30(39-29)24-13-11-23(12-14-24)20-33-17-18-34-22(2)38-31(3,4)5/h8,10-16,19,21,29-30,33-34H,2,7,9,17-18,20H2,1,3-6H3,(H,35,36)/b10-8+. The van der Waals surface area contributed by atoms with E-state index >= 15 is 0 Å². The van der Waals surface area contributed by atoms with Crippen molar-refractivity contribution in [1.82, 2.24) is 10.6 Å². The molecule has 1 aliphatic heterocycles. The van der Waals surface area contributed by atoms with Crippen LogP contribution in [-0.2, 0) is 16.1 Å². The highest BCUT2D eigenvalue weighted by molar-refractivity contribution is 8.07. The molecule has 0 bridgehead atoms. The van der Waals surface area contributed by atoms with Crippen LogP contribution >= 0.6 is 23.4 Å². The minimum Gasteiger partial charge on any atom is -0.495 e. The largest absolute Gasteiger partial charge is 0.495 e. The highest BCUT2D eigenvalue weighted by atomic mass is 35.5. The monoisotopic (exact) mass is 571 g/mol. The van der Waals surface area contributed by atoms with Gasteiger partial charge in [-0.2, -0.15) is 0 Å². The average Bonchev–Trinajstić information content (AvgIpc) is 3.67. The van der Waals surface area contributed by atoms with Crippen molar-refractivity contribution in [2.45, 2.75) is 63.2 Å². The fraction of sp³-hybridized carbons (Fsp3) is 0.452. The van der Waals surface area contributed by atoms with E-state index in [1.165, 1.54) is 11.1 Å². The smallest absolute Gasteiger partial charge is 0.248 e. The van der Waals surface area contributed by atoms with E-state index in [2.05, 4.69) is 53.7 Å². The van der Waals surface area contributed by atoms with Gasteiger partial charge in [0.1, 0.15) is 11.4 Å². The fourth-order valence-electron chi connectivity index (χ4n) is 4.22. The van der Waals surface area contributed by atoms with Crippen molar-refractivity contribution >= 4 is 35.0 Å². The van der Waals surface area contributed by atoms with Gasteiger partial charge in [-0.1, -0.05) is 48.9 Å². The summed E-state index contributed by atoms with van der Waals surface area (Å²) < 4.78 is 10.8. The Labute approximate surface area is 243 Å². The second kappa shape index (κ2) is 14.7. The molecule has 0 radical (unpaired) electrons. The summed E-state index contributed by atoms with van der Waals surface area (Å²) in [6.45, 7) is 14.7. The van der Waals surface area contributed by atoms with Gasteiger partial charge in [0.15, 0.2) is 5.88 Å². The molecule has 1 heterocycles. The van der Waals surface area contributed by atoms with Gasteiger partial charge >= 0.3 is 0 Å². The summed E-state index contributed by atoms with van der Waals surface area (Å²) in [6, 6.07) is 14.1. The van der Waals surface area contributed by atoms with Crippen molar-refractivity contribution < 1.29 is 14.3 Å². The molecule has 3 unspecified atom stereocenters. The van der Waals surface area contributed by atoms with Crippen molar-refractivity contribution in [2.24, 2.45) is 5.92 Å². The van der Waals surface area contributed by atoms with Gasteiger partial charge in [0.2, 0.25) is 5.91 Å².